The zero-order chi connectivity index (χ0) is 19.1. The Morgan fingerprint density at radius 2 is 1.46 bits per heavy atom. The minimum absolute atomic E-state index is 0.0400. The number of esters is 1. The zero-order valence-electron chi connectivity index (χ0n) is 15.3. The van der Waals surface area contributed by atoms with Gasteiger partial charge < -0.3 is 18.9 Å². The van der Waals surface area contributed by atoms with Gasteiger partial charge in [0.15, 0.2) is 5.78 Å². The van der Waals surface area contributed by atoms with Crippen LogP contribution < -0.4 is 14.2 Å². The van der Waals surface area contributed by atoms with Gasteiger partial charge in [-0.05, 0) is 30.3 Å². The third-order valence-electron chi connectivity index (χ3n) is 4.10. The summed E-state index contributed by atoms with van der Waals surface area (Å²) in [6.07, 6.45) is -0.0400. The first-order valence-electron chi connectivity index (χ1n) is 8.01. The molecule has 0 amide bonds. The first-order valence-corrected chi connectivity index (χ1v) is 8.01. The van der Waals surface area contributed by atoms with Crippen LogP contribution in [0.15, 0.2) is 42.5 Å². The second-order valence-corrected chi connectivity index (χ2v) is 5.54. The number of benzene rings is 2. The van der Waals surface area contributed by atoms with Gasteiger partial charge in [0.05, 0.1) is 34.4 Å². The number of carbonyl (C=O) groups is 2. The Balaban J connectivity index is 2.33. The first-order chi connectivity index (χ1) is 12.5. The van der Waals surface area contributed by atoms with Crippen LogP contribution in [-0.2, 0) is 9.53 Å². The molecular formula is C20H22O6. The second-order valence-electron chi connectivity index (χ2n) is 5.54. The van der Waals surface area contributed by atoms with Crippen LogP contribution in [0.4, 0.5) is 0 Å². The van der Waals surface area contributed by atoms with E-state index >= 15 is 0 Å². The third-order valence-corrected chi connectivity index (χ3v) is 4.10. The lowest BCUT2D eigenvalue weighted by Crippen LogP contribution is -2.19. The van der Waals surface area contributed by atoms with Gasteiger partial charge in [0.2, 0.25) is 0 Å². The second kappa shape index (κ2) is 8.89. The van der Waals surface area contributed by atoms with Crippen LogP contribution in [-0.4, -0.2) is 40.2 Å². The molecule has 138 valence electrons. The fraction of sp³-hybridized carbons (Fsp3) is 0.300. The zero-order valence-corrected chi connectivity index (χ0v) is 15.3. The lowest BCUT2D eigenvalue weighted by molar-refractivity contribution is -0.142. The van der Waals surface area contributed by atoms with Gasteiger partial charge in [0, 0.05) is 23.6 Å². The van der Waals surface area contributed by atoms with E-state index in [1.807, 2.05) is 0 Å². The molecule has 2 aromatic carbocycles. The fourth-order valence-electron chi connectivity index (χ4n) is 2.65. The van der Waals surface area contributed by atoms with Crippen molar-refractivity contribution in [1.29, 1.82) is 0 Å². The minimum Gasteiger partial charge on any atom is -0.497 e. The average molecular weight is 358 g/mol. The van der Waals surface area contributed by atoms with Crippen LogP contribution in [0.3, 0.4) is 0 Å². The Morgan fingerprint density at radius 1 is 0.846 bits per heavy atom. The molecule has 2 rings (SSSR count). The molecule has 1 unspecified atom stereocenters. The molecule has 0 spiro atoms. The highest BCUT2D eigenvalue weighted by molar-refractivity contribution is 5.99. The number of Topliss-reactive ketones (excluding diaryl/α,β-unsaturated/α-hetero) is 1. The van der Waals surface area contributed by atoms with Crippen molar-refractivity contribution >= 4 is 11.8 Å². The van der Waals surface area contributed by atoms with Gasteiger partial charge in [-0.25, -0.2) is 0 Å². The maximum atomic E-state index is 12.7. The van der Waals surface area contributed by atoms with E-state index in [2.05, 4.69) is 0 Å². The number of hydrogen-bond donors (Lipinski definition) is 0. The van der Waals surface area contributed by atoms with Gasteiger partial charge in [0.1, 0.15) is 17.2 Å². The summed E-state index contributed by atoms with van der Waals surface area (Å²) < 4.78 is 20.5. The molecule has 0 heterocycles. The average Bonchev–Trinajstić information content (AvgIpc) is 2.70. The van der Waals surface area contributed by atoms with E-state index in [0.717, 1.165) is 0 Å². The molecule has 0 saturated heterocycles. The summed E-state index contributed by atoms with van der Waals surface area (Å²) in [5.41, 5.74) is 1.06. The largest absolute Gasteiger partial charge is 0.497 e. The van der Waals surface area contributed by atoms with Gasteiger partial charge in [-0.2, -0.15) is 0 Å². The van der Waals surface area contributed by atoms with Gasteiger partial charge in [-0.3, -0.25) is 9.59 Å². The maximum Gasteiger partial charge on any atom is 0.313 e. The molecule has 0 aromatic heterocycles. The van der Waals surface area contributed by atoms with Crippen LogP contribution in [0.1, 0.15) is 28.3 Å². The van der Waals surface area contributed by atoms with Crippen LogP contribution in [0.2, 0.25) is 0 Å². The molecule has 0 aliphatic carbocycles. The van der Waals surface area contributed by atoms with E-state index in [9.17, 15) is 9.59 Å². The van der Waals surface area contributed by atoms with Crippen LogP contribution >= 0.6 is 0 Å². The van der Waals surface area contributed by atoms with Crippen LogP contribution in [0.25, 0.3) is 0 Å². The molecule has 6 heteroatoms. The molecule has 26 heavy (non-hydrogen) atoms. The Bertz CT molecular complexity index is 766. The summed E-state index contributed by atoms with van der Waals surface area (Å²) in [5.74, 6) is 0.243. The molecule has 0 N–H and O–H groups in total. The highest BCUT2D eigenvalue weighted by Crippen LogP contribution is 2.34. The summed E-state index contributed by atoms with van der Waals surface area (Å²) in [4.78, 5) is 25.0. The summed E-state index contributed by atoms with van der Waals surface area (Å²) in [5, 5.41) is 0. The predicted molar refractivity (Wildman–Crippen MR) is 96.2 cm³/mol. The van der Waals surface area contributed by atoms with Crippen molar-refractivity contribution in [2.45, 2.75) is 12.3 Å². The quantitative estimate of drug-likeness (QED) is 0.533. The molecule has 6 nitrogen and oxygen atoms in total. The Morgan fingerprint density at radius 3 is 2.00 bits per heavy atom. The molecule has 0 saturated carbocycles. The van der Waals surface area contributed by atoms with E-state index in [1.54, 1.807) is 56.7 Å². The molecule has 2 aromatic rings. The number of rotatable bonds is 8. The lowest BCUT2D eigenvalue weighted by atomic mass is 9.90. The van der Waals surface area contributed by atoms with E-state index in [4.69, 9.17) is 18.9 Å². The van der Waals surface area contributed by atoms with Crippen molar-refractivity contribution in [2.75, 3.05) is 28.4 Å². The van der Waals surface area contributed by atoms with E-state index in [1.165, 1.54) is 14.2 Å². The Kier molecular flexibility index (Phi) is 6.60. The molecule has 0 fully saturated rings. The van der Waals surface area contributed by atoms with Crippen LogP contribution in [0, 0.1) is 0 Å². The molecular weight excluding hydrogens is 336 g/mol. The summed E-state index contributed by atoms with van der Waals surface area (Å²) in [6, 6.07) is 11.8. The highest BCUT2D eigenvalue weighted by Gasteiger charge is 2.28. The van der Waals surface area contributed by atoms with Gasteiger partial charge in [-0.1, -0.05) is 6.07 Å². The van der Waals surface area contributed by atoms with Crippen molar-refractivity contribution < 1.29 is 28.5 Å². The Hall–Kier alpha value is -3.02. The first kappa shape index (κ1) is 19.3. The Labute approximate surface area is 152 Å². The van der Waals surface area contributed by atoms with Crippen molar-refractivity contribution in [1.82, 2.24) is 0 Å². The smallest absolute Gasteiger partial charge is 0.313 e. The maximum absolute atomic E-state index is 12.7. The summed E-state index contributed by atoms with van der Waals surface area (Å²) in [6.45, 7) is 0. The number of methoxy groups -OCH3 is 4. The standard InChI is InChI=1S/C20H22O6/c1-23-14-7-5-13(6-8-14)18(21)12-17(20(22)26-4)16-10-9-15(24-2)11-19(16)25-3/h5-11,17H,12H2,1-4H3. The van der Waals surface area contributed by atoms with Gasteiger partial charge in [0.25, 0.3) is 0 Å². The molecule has 0 radical (unpaired) electrons. The van der Waals surface area contributed by atoms with E-state index in [-0.39, 0.29) is 12.2 Å². The lowest BCUT2D eigenvalue weighted by Gasteiger charge is -2.18. The SMILES string of the molecule is COC(=O)C(CC(=O)c1ccc(OC)cc1)c1ccc(OC)cc1OC. The van der Waals surface area contributed by atoms with Crippen molar-refractivity contribution in [3.8, 4) is 17.2 Å². The highest BCUT2D eigenvalue weighted by atomic mass is 16.5. The van der Waals surface area contributed by atoms with E-state index < -0.39 is 11.9 Å². The van der Waals surface area contributed by atoms with Crippen molar-refractivity contribution in [2.24, 2.45) is 0 Å². The summed E-state index contributed by atoms with van der Waals surface area (Å²) in [7, 11) is 5.89. The minimum atomic E-state index is -0.782. The number of ether oxygens (including phenoxy) is 4. The number of ketones is 1. The van der Waals surface area contributed by atoms with Crippen molar-refractivity contribution in [3.05, 3.63) is 53.6 Å². The fourth-order valence-corrected chi connectivity index (χ4v) is 2.65. The monoisotopic (exact) mass is 358 g/mol. The molecule has 0 aliphatic heterocycles. The summed E-state index contributed by atoms with van der Waals surface area (Å²) >= 11 is 0. The van der Waals surface area contributed by atoms with Gasteiger partial charge in [-0.15, -0.1) is 0 Å². The predicted octanol–water partition coefficient (Wildman–Crippen LogP) is 3.24. The topological polar surface area (TPSA) is 71.1 Å². The third kappa shape index (κ3) is 4.33. The molecule has 0 bridgehead atoms. The molecule has 0 aliphatic rings. The number of carbonyl (C=O) groups excluding carboxylic acids is 2. The van der Waals surface area contributed by atoms with E-state index in [0.29, 0.717) is 28.4 Å². The molecule has 1 atom stereocenters. The number of hydrogen-bond acceptors (Lipinski definition) is 6. The van der Waals surface area contributed by atoms with Crippen LogP contribution in [0.5, 0.6) is 17.2 Å². The van der Waals surface area contributed by atoms with Gasteiger partial charge >= 0.3 is 5.97 Å². The normalized spacial score (nSPS) is 11.4. The van der Waals surface area contributed by atoms with Crippen molar-refractivity contribution in [3.63, 3.8) is 0 Å².